The first-order chi connectivity index (χ1) is 7.74. The molecule has 1 aliphatic rings. The summed E-state index contributed by atoms with van der Waals surface area (Å²) >= 11 is 0. The van der Waals surface area contributed by atoms with Crippen molar-refractivity contribution in [2.75, 3.05) is 0 Å². The van der Waals surface area contributed by atoms with Gasteiger partial charge >= 0.3 is 0 Å². The van der Waals surface area contributed by atoms with Gasteiger partial charge in [-0.1, -0.05) is 12.1 Å². The Morgan fingerprint density at radius 1 is 1.25 bits per heavy atom. The highest BCUT2D eigenvalue weighted by molar-refractivity contribution is 5.41. The van der Waals surface area contributed by atoms with Crippen molar-refractivity contribution in [1.82, 2.24) is 20.1 Å². The van der Waals surface area contributed by atoms with E-state index in [0.29, 0.717) is 29.4 Å². The highest BCUT2D eigenvalue weighted by Gasteiger charge is 2.39. The Kier molecular flexibility index (Phi) is 1.99. The van der Waals surface area contributed by atoms with Gasteiger partial charge in [0.15, 0.2) is 0 Å². The molecule has 0 aliphatic heterocycles. The topological polar surface area (TPSA) is 64.7 Å². The van der Waals surface area contributed by atoms with Gasteiger partial charge in [0.25, 0.3) is 0 Å². The fourth-order valence-corrected chi connectivity index (χ4v) is 1.65. The van der Waals surface area contributed by atoms with Crippen molar-refractivity contribution in [2.24, 2.45) is 5.92 Å². The Morgan fingerprint density at radius 2 is 1.94 bits per heavy atom. The molecular weight excluding hydrogens is 204 g/mol. The second-order valence-electron chi connectivity index (χ2n) is 4.36. The van der Waals surface area contributed by atoms with Gasteiger partial charge in [0.2, 0.25) is 17.5 Å². The third kappa shape index (κ3) is 1.58. The molecule has 0 radical (unpaired) electrons. The highest BCUT2D eigenvalue weighted by Crippen LogP contribution is 2.46. The molecule has 0 spiro atoms. The molecule has 5 heteroatoms. The van der Waals surface area contributed by atoms with Crippen molar-refractivity contribution in [3.63, 3.8) is 0 Å². The quantitative estimate of drug-likeness (QED) is 0.767. The average molecular weight is 216 g/mol. The van der Waals surface area contributed by atoms with Gasteiger partial charge in [0.1, 0.15) is 0 Å². The second-order valence-corrected chi connectivity index (χ2v) is 4.36. The Bertz CT molecular complexity index is 505. The Labute approximate surface area is 92.9 Å². The van der Waals surface area contributed by atoms with Crippen molar-refractivity contribution >= 4 is 0 Å². The summed E-state index contributed by atoms with van der Waals surface area (Å²) in [5.41, 5.74) is 1.02. The van der Waals surface area contributed by atoms with Gasteiger partial charge < -0.3 is 4.52 Å². The molecule has 1 fully saturated rings. The van der Waals surface area contributed by atoms with Crippen LogP contribution in [-0.4, -0.2) is 20.1 Å². The van der Waals surface area contributed by atoms with Crippen LogP contribution in [0, 0.1) is 12.8 Å². The predicted octanol–water partition coefficient (Wildman–Crippen LogP) is 1.96. The lowest BCUT2D eigenvalue weighted by atomic mass is 10.3. The lowest BCUT2D eigenvalue weighted by molar-refractivity contribution is 0.376. The molecule has 0 N–H and O–H groups in total. The van der Waals surface area contributed by atoms with Crippen LogP contribution in [-0.2, 0) is 0 Å². The van der Waals surface area contributed by atoms with E-state index in [0.717, 1.165) is 12.0 Å². The van der Waals surface area contributed by atoms with Gasteiger partial charge in [-0.3, -0.25) is 0 Å². The first-order valence-corrected chi connectivity index (χ1v) is 5.36. The van der Waals surface area contributed by atoms with Crippen LogP contribution in [0.3, 0.4) is 0 Å². The van der Waals surface area contributed by atoms with Crippen molar-refractivity contribution in [1.29, 1.82) is 0 Å². The van der Waals surface area contributed by atoms with Gasteiger partial charge in [-0.15, -0.1) is 0 Å². The van der Waals surface area contributed by atoms with E-state index in [2.05, 4.69) is 27.0 Å². The van der Waals surface area contributed by atoms with E-state index < -0.39 is 0 Å². The van der Waals surface area contributed by atoms with Gasteiger partial charge in [0, 0.05) is 18.3 Å². The lowest BCUT2D eigenvalue weighted by Crippen LogP contribution is -1.91. The summed E-state index contributed by atoms with van der Waals surface area (Å²) in [6, 6.07) is 0. The summed E-state index contributed by atoms with van der Waals surface area (Å²) in [5.74, 6) is 2.81. The van der Waals surface area contributed by atoms with Crippen LogP contribution in [0.5, 0.6) is 0 Å². The largest absolute Gasteiger partial charge is 0.339 e. The molecule has 0 aromatic carbocycles. The van der Waals surface area contributed by atoms with Gasteiger partial charge in [-0.05, 0) is 24.8 Å². The molecule has 1 saturated carbocycles. The minimum Gasteiger partial charge on any atom is -0.339 e. The van der Waals surface area contributed by atoms with Crippen LogP contribution >= 0.6 is 0 Å². The molecule has 16 heavy (non-hydrogen) atoms. The maximum atomic E-state index is 5.20. The summed E-state index contributed by atoms with van der Waals surface area (Å²) in [7, 11) is 0. The Morgan fingerprint density at radius 3 is 2.56 bits per heavy atom. The van der Waals surface area contributed by atoms with Crippen LogP contribution in [0.25, 0.3) is 11.6 Å². The molecule has 2 aromatic rings. The number of rotatable bonds is 2. The summed E-state index contributed by atoms with van der Waals surface area (Å²) < 4.78 is 5.20. The highest BCUT2D eigenvalue weighted by atomic mass is 16.5. The van der Waals surface area contributed by atoms with Gasteiger partial charge in [-0.2, -0.15) is 4.98 Å². The summed E-state index contributed by atoms with van der Waals surface area (Å²) in [6.45, 7) is 4.12. The fraction of sp³-hybridized carbons (Fsp3) is 0.455. The van der Waals surface area contributed by atoms with Crippen molar-refractivity contribution in [3.05, 3.63) is 23.8 Å². The van der Waals surface area contributed by atoms with E-state index in [9.17, 15) is 0 Å². The van der Waals surface area contributed by atoms with E-state index in [1.54, 1.807) is 12.4 Å². The number of nitrogens with zero attached hydrogens (tertiary/aromatic N) is 4. The molecule has 2 heterocycles. The minimum atomic E-state index is 0.437. The molecule has 1 aliphatic carbocycles. The normalized spacial score (nSPS) is 23.4. The van der Waals surface area contributed by atoms with E-state index >= 15 is 0 Å². The number of aromatic nitrogens is 4. The number of hydrogen-bond acceptors (Lipinski definition) is 5. The van der Waals surface area contributed by atoms with Crippen molar-refractivity contribution in [2.45, 2.75) is 26.2 Å². The van der Waals surface area contributed by atoms with Crippen LogP contribution in [0.1, 0.15) is 30.7 Å². The molecule has 0 saturated heterocycles. The lowest BCUT2D eigenvalue weighted by Gasteiger charge is -1.92. The molecule has 2 aromatic heterocycles. The standard InChI is InChI=1S/C11H12N4O/c1-6-4-12-9(13-5-6)10-14-11(16-15-10)8-3-7(8)2/h4-5,7-8H,3H2,1-2H3/t7-,8-/m1/s1. The zero-order valence-electron chi connectivity index (χ0n) is 9.21. The molecule has 2 atom stereocenters. The molecule has 0 unspecified atom stereocenters. The minimum absolute atomic E-state index is 0.437. The first-order valence-electron chi connectivity index (χ1n) is 5.36. The van der Waals surface area contributed by atoms with Crippen LogP contribution < -0.4 is 0 Å². The van der Waals surface area contributed by atoms with E-state index in [1.807, 2.05) is 6.92 Å². The molecule has 0 amide bonds. The molecule has 82 valence electrons. The summed E-state index contributed by atoms with van der Waals surface area (Å²) in [6.07, 6.45) is 4.63. The maximum absolute atomic E-state index is 5.20. The maximum Gasteiger partial charge on any atom is 0.240 e. The zero-order chi connectivity index (χ0) is 11.1. The summed E-state index contributed by atoms with van der Waals surface area (Å²) in [5, 5.41) is 3.90. The monoisotopic (exact) mass is 216 g/mol. The van der Waals surface area contributed by atoms with Crippen LogP contribution in [0.4, 0.5) is 0 Å². The number of aryl methyl sites for hydroxylation is 1. The molecule has 5 nitrogen and oxygen atoms in total. The third-order valence-electron chi connectivity index (χ3n) is 2.85. The van der Waals surface area contributed by atoms with Crippen LogP contribution in [0.15, 0.2) is 16.9 Å². The third-order valence-corrected chi connectivity index (χ3v) is 2.85. The molecule has 3 rings (SSSR count). The molecular formula is C11H12N4O. The number of hydrogen-bond donors (Lipinski definition) is 0. The Balaban J connectivity index is 1.89. The van der Waals surface area contributed by atoms with Crippen molar-refractivity contribution < 1.29 is 4.52 Å². The van der Waals surface area contributed by atoms with Gasteiger partial charge in [0.05, 0.1) is 0 Å². The van der Waals surface area contributed by atoms with Gasteiger partial charge in [-0.25, -0.2) is 9.97 Å². The SMILES string of the molecule is Cc1cnc(-c2noc([C@@H]3C[C@H]3C)n2)nc1. The Hall–Kier alpha value is -1.78. The fourth-order valence-electron chi connectivity index (χ4n) is 1.65. The zero-order valence-corrected chi connectivity index (χ0v) is 9.21. The van der Waals surface area contributed by atoms with Crippen LogP contribution in [0.2, 0.25) is 0 Å². The smallest absolute Gasteiger partial charge is 0.240 e. The second kappa shape index (κ2) is 3.37. The predicted molar refractivity (Wildman–Crippen MR) is 56.6 cm³/mol. The van der Waals surface area contributed by atoms with Crippen molar-refractivity contribution in [3.8, 4) is 11.6 Å². The van der Waals surface area contributed by atoms with E-state index in [-0.39, 0.29) is 0 Å². The average Bonchev–Trinajstić information content (AvgIpc) is 2.82. The summed E-state index contributed by atoms with van der Waals surface area (Å²) in [4.78, 5) is 12.6. The van der Waals surface area contributed by atoms with E-state index in [1.165, 1.54) is 0 Å². The first kappa shape index (κ1) is 9.45. The molecule has 0 bridgehead atoms. The van der Waals surface area contributed by atoms with E-state index in [4.69, 9.17) is 4.52 Å².